The SMILES string of the molecule is CN(C)S(=O)(=O)c1ccc(NC(=O)c2ccc(S(=O)(=O)N3CCCCC3)o2)cc1. The van der Waals surface area contributed by atoms with E-state index in [1.54, 1.807) is 0 Å². The van der Waals surface area contributed by atoms with Crippen LogP contribution in [-0.4, -0.2) is 58.5 Å². The van der Waals surface area contributed by atoms with Crippen molar-refractivity contribution in [1.29, 1.82) is 0 Å². The van der Waals surface area contributed by atoms with Gasteiger partial charge in [0.1, 0.15) is 0 Å². The van der Waals surface area contributed by atoms with E-state index in [-0.39, 0.29) is 15.7 Å². The van der Waals surface area contributed by atoms with Crippen molar-refractivity contribution in [3.8, 4) is 0 Å². The number of anilines is 1. The molecule has 11 heteroatoms. The molecule has 1 aliphatic heterocycles. The minimum absolute atomic E-state index is 0.0911. The molecule has 0 unspecified atom stereocenters. The lowest BCUT2D eigenvalue weighted by Gasteiger charge is -2.24. The quantitative estimate of drug-likeness (QED) is 0.732. The van der Waals surface area contributed by atoms with E-state index in [2.05, 4.69) is 5.32 Å². The van der Waals surface area contributed by atoms with Crippen molar-refractivity contribution in [2.45, 2.75) is 29.3 Å². The molecule has 29 heavy (non-hydrogen) atoms. The van der Waals surface area contributed by atoms with Gasteiger partial charge in [0.2, 0.25) is 15.1 Å². The zero-order valence-corrected chi connectivity index (χ0v) is 17.8. The van der Waals surface area contributed by atoms with Crippen molar-refractivity contribution in [3.05, 3.63) is 42.2 Å². The van der Waals surface area contributed by atoms with Crippen molar-refractivity contribution in [1.82, 2.24) is 8.61 Å². The van der Waals surface area contributed by atoms with E-state index in [9.17, 15) is 21.6 Å². The monoisotopic (exact) mass is 441 g/mol. The molecule has 1 aliphatic rings. The largest absolute Gasteiger partial charge is 0.438 e. The summed E-state index contributed by atoms with van der Waals surface area (Å²) in [4.78, 5) is 12.5. The maximum Gasteiger partial charge on any atom is 0.291 e. The number of hydrogen-bond donors (Lipinski definition) is 1. The van der Waals surface area contributed by atoms with Crippen LogP contribution in [0.25, 0.3) is 0 Å². The number of amides is 1. The maximum atomic E-state index is 12.6. The third kappa shape index (κ3) is 4.53. The van der Waals surface area contributed by atoms with Gasteiger partial charge in [0, 0.05) is 32.9 Å². The summed E-state index contributed by atoms with van der Waals surface area (Å²) in [7, 11) is -4.47. The summed E-state index contributed by atoms with van der Waals surface area (Å²) in [5.41, 5.74) is 0.351. The summed E-state index contributed by atoms with van der Waals surface area (Å²) in [6, 6.07) is 8.21. The van der Waals surface area contributed by atoms with Crippen LogP contribution >= 0.6 is 0 Å². The van der Waals surface area contributed by atoms with Gasteiger partial charge in [-0.1, -0.05) is 6.42 Å². The first-order chi connectivity index (χ1) is 13.6. The van der Waals surface area contributed by atoms with Crippen molar-refractivity contribution in [2.75, 3.05) is 32.5 Å². The van der Waals surface area contributed by atoms with Crippen LogP contribution in [-0.2, 0) is 20.0 Å². The highest BCUT2D eigenvalue weighted by molar-refractivity contribution is 7.89. The average Bonchev–Trinajstić information content (AvgIpc) is 3.20. The third-order valence-electron chi connectivity index (χ3n) is 4.61. The standard InChI is InChI=1S/C18H23N3O6S2/c1-20(2)28(23,24)15-8-6-14(7-9-15)19-18(22)16-10-11-17(27-16)29(25,26)21-12-4-3-5-13-21/h6-11H,3-5,12-13H2,1-2H3,(H,19,22). The van der Waals surface area contributed by atoms with Gasteiger partial charge in [0.05, 0.1) is 4.90 Å². The Morgan fingerprint density at radius 1 is 0.966 bits per heavy atom. The molecule has 2 heterocycles. The number of nitrogens with zero attached hydrogens (tertiary/aromatic N) is 2. The molecule has 1 N–H and O–H groups in total. The predicted octanol–water partition coefficient (Wildman–Crippen LogP) is 1.96. The highest BCUT2D eigenvalue weighted by atomic mass is 32.2. The minimum atomic E-state index is -3.76. The lowest BCUT2D eigenvalue weighted by Crippen LogP contribution is -2.35. The number of carbonyl (C=O) groups excluding carboxylic acids is 1. The zero-order chi connectivity index (χ0) is 21.2. The van der Waals surface area contributed by atoms with E-state index in [1.165, 1.54) is 54.8 Å². The molecular weight excluding hydrogens is 418 g/mol. The first kappa shape index (κ1) is 21.5. The Balaban J connectivity index is 1.72. The Kier molecular flexibility index (Phi) is 6.13. The van der Waals surface area contributed by atoms with Gasteiger partial charge in [0.15, 0.2) is 5.76 Å². The van der Waals surface area contributed by atoms with Crippen LogP contribution in [0.2, 0.25) is 0 Å². The number of nitrogens with one attached hydrogen (secondary N) is 1. The highest BCUT2D eigenvalue weighted by Crippen LogP contribution is 2.23. The number of piperidine rings is 1. The molecule has 1 aromatic carbocycles. The van der Waals surface area contributed by atoms with E-state index < -0.39 is 26.0 Å². The van der Waals surface area contributed by atoms with E-state index in [0.717, 1.165) is 23.6 Å². The number of furan rings is 1. The van der Waals surface area contributed by atoms with Gasteiger partial charge in [-0.25, -0.2) is 21.1 Å². The van der Waals surface area contributed by atoms with Crippen molar-refractivity contribution in [3.63, 3.8) is 0 Å². The molecule has 1 amide bonds. The first-order valence-electron chi connectivity index (χ1n) is 9.06. The second-order valence-electron chi connectivity index (χ2n) is 6.85. The van der Waals surface area contributed by atoms with Crippen LogP contribution in [0.15, 0.2) is 50.8 Å². The molecule has 1 saturated heterocycles. The number of sulfonamides is 2. The van der Waals surface area contributed by atoms with Crippen LogP contribution in [0.3, 0.4) is 0 Å². The fourth-order valence-electron chi connectivity index (χ4n) is 2.93. The Morgan fingerprint density at radius 2 is 1.59 bits per heavy atom. The van der Waals surface area contributed by atoms with Gasteiger partial charge in [-0.15, -0.1) is 0 Å². The summed E-state index contributed by atoms with van der Waals surface area (Å²) in [6.07, 6.45) is 2.59. The molecule has 0 bridgehead atoms. The first-order valence-corrected chi connectivity index (χ1v) is 11.9. The van der Waals surface area contributed by atoms with Crippen molar-refractivity contribution >= 4 is 31.6 Å². The third-order valence-corrected chi connectivity index (χ3v) is 8.21. The van der Waals surface area contributed by atoms with Gasteiger partial charge in [0.25, 0.3) is 15.9 Å². The number of benzene rings is 1. The minimum Gasteiger partial charge on any atom is -0.438 e. The van der Waals surface area contributed by atoms with E-state index in [0.29, 0.717) is 18.8 Å². The van der Waals surface area contributed by atoms with E-state index in [1.807, 2.05) is 0 Å². The molecule has 0 atom stereocenters. The summed E-state index contributed by atoms with van der Waals surface area (Å²) in [5.74, 6) is -0.779. The summed E-state index contributed by atoms with van der Waals surface area (Å²) >= 11 is 0. The molecule has 2 aromatic rings. The van der Waals surface area contributed by atoms with Crippen LogP contribution in [0.5, 0.6) is 0 Å². The molecular formula is C18H23N3O6S2. The fraction of sp³-hybridized carbons (Fsp3) is 0.389. The second-order valence-corrected chi connectivity index (χ2v) is 10.9. The molecule has 0 aliphatic carbocycles. The molecule has 158 valence electrons. The highest BCUT2D eigenvalue weighted by Gasteiger charge is 2.29. The lowest BCUT2D eigenvalue weighted by atomic mass is 10.2. The summed E-state index contributed by atoms with van der Waals surface area (Å²) < 4.78 is 57.1. The molecule has 1 fully saturated rings. The topological polar surface area (TPSA) is 117 Å². The van der Waals surface area contributed by atoms with Gasteiger partial charge in [-0.3, -0.25) is 4.79 Å². The zero-order valence-electron chi connectivity index (χ0n) is 16.2. The Morgan fingerprint density at radius 3 is 2.17 bits per heavy atom. The van der Waals surface area contributed by atoms with Gasteiger partial charge >= 0.3 is 0 Å². The lowest BCUT2D eigenvalue weighted by molar-refractivity contribution is 0.0991. The van der Waals surface area contributed by atoms with Crippen molar-refractivity contribution < 1.29 is 26.0 Å². The van der Waals surface area contributed by atoms with Crippen LogP contribution in [0.4, 0.5) is 5.69 Å². The number of hydrogen-bond acceptors (Lipinski definition) is 6. The molecule has 0 spiro atoms. The van der Waals surface area contributed by atoms with Crippen LogP contribution in [0, 0.1) is 0 Å². The van der Waals surface area contributed by atoms with Gasteiger partial charge in [-0.05, 0) is 49.2 Å². The van der Waals surface area contributed by atoms with E-state index in [4.69, 9.17) is 4.42 Å². The molecule has 1 aromatic heterocycles. The molecule has 0 radical (unpaired) electrons. The summed E-state index contributed by atoms with van der Waals surface area (Å²) in [5, 5.41) is 2.29. The van der Waals surface area contributed by atoms with Crippen LogP contribution < -0.4 is 5.32 Å². The Hall–Kier alpha value is -2.21. The normalized spacial score (nSPS) is 16.1. The van der Waals surface area contributed by atoms with Crippen molar-refractivity contribution in [2.24, 2.45) is 0 Å². The maximum absolute atomic E-state index is 12.6. The molecule has 3 rings (SSSR count). The fourth-order valence-corrected chi connectivity index (χ4v) is 5.26. The van der Waals surface area contributed by atoms with Gasteiger partial charge < -0.3 is 9.73 Å². The Labute approximate surface area is 170 Å². The second kappa shape index (κ2) is 8.27. The number of carbonyl (C=O) groups is 1. The average molecular weight is 442 g/mol. The van der Waals surface area contributed by atoms with E-state index >= 15 is 0 Å². The molecule has 0 saturated carbocycles. The number of rotatable bonds is 6. The summed E-state index contributed by atoms with van der Waals surface area (Å²) in [6.45, 7) is 0.875. The predicted molar refractivity (Wildman–Crippen MR) is 107 cm³/mol. The van der Waals surface area contributed by atoms with Gasteiger partial charge in [-0.2, -0.15) is 4.31 Å². The van der Waals surface area contributed by atoms with Crippen LogP contribution in [0.1, 0.15) is 29.8 Å². The smallest absolute Gasteiger partial charge is 0.291 e. The Bertz CT molecular complexity index is 1080. The molecule has 9 nitrogen and oxygen atoms in total.